The lowest BCUT2D eigenvalue weighted by Gasteiger charge is -2.17. The highest BCUT2D eigenvalue weighted by Crippen LogP contribution is 2.42. The number of anilines is 6. The Hall–Kier alpha value is -3.87. The van der Waals surface area contributed by atoms with Crippen LogP contribution in [-0.4, -0.2) is 16.5 Å². The van der Waals surface area contributed by atoms with E-state index < -0.39 is 0 Å². The zero-order chi connectivity index (χ0) is 18.7. The summed E-state index contributed by atoms with van der Waals surface area (Å²) >= 11 is 0. The second-order valence-electron chi connectivity index (χ2n) is 5.69. The topological polar surface area (TPSA) is 134 Å². The molecule has 3 rings (SSSR count). The molecule has 7 nitrogen and oxygen atoms in total. The molecule has 0 amide bonds. The maximum absolute atomic E-state index is 11.7. The Balaban J connectivity index is 2.02. The van der Waals surface area contributed by atoms with E-state index in [9.17, 15) is 15.0 Å². The fourth-order valence-corrected chi connectivity index (χ4v) is 2.48. The minimum atomic E-state index is -0.260. The van der Waals surface area contributed by atoms with Crippen molar-refractivity contribution >= 4 is 40.4 Å². The van der Waals surface area contributed by atoms with Crippen LogP contribution in [0.2, 0.25) is 0 Å². The molecule has 0 spiro atoms. The van der Waals surface area contributed by atoms with Crippen LogP contribution in [0.3, 0.4) is 0 Å². The van der Waals surface area contributed by atoms with Crippen molar-refractivity contribution in [3.8, 4) is 11.5 Å². The van der Waals surface area contributed by atoms with Gasteiger partial charge in [0.1, 0.15) is 11.5 Å². The molecular weight excluding hydrogens is 332 g/mol. The highest BCUT2D eigenvalue weighted by molar-refractivity contribution is 5.99. The minimum absolute atomic E-state index is 0.0798. The normalized spacial score (nSPS) is 10.3. The Morgan fingerprint density at radius 1 is 0.731 bits per heavy atom. The predicted molar refractivity (Wildman–Crippen MR) is 103 cm³/mol. The van der Waals surface area contributed by atoms with Gasteiger partial charge in [-0.05, 0) is 48.5 Å². The smallest absolute Gasteiger partial charge is 0.154 e. The van der Waals surface area contributed by atoms with Crippen molar-refractivity contribution in [1.29, 1.82) is 0 Å². The molecule has 0 fully saturated rings. The lowest BCUT2D eigenvalue weighted by molar-refractivity contribution is 0.112. The van der Waals surface area contributed by atoms with E-state index in [1.165, 1.54) is 0 Å². The summed E-state index contributed by atoms with van der Waals surface area (Å²) in [6, 6.07) is 14.8. The van der Waals surface area contributed by atoms with E-state index in [-0.39, 0.29) is 28.4 Å². The average molecular weight is 350 g/mol. The average Bonchev–Trinajstić information content (AvgIpc) is 2.62. The monoisotopic (exact) mass is 350 g/mol. The van der Waals surface area contributed by atoms with Crippen LogP contribution in [0.5, 0.6) is 11.5 Å². The first-order valence-electron chi connectivity index (χ1n) is 7.77. The third-order valence-corrected chi connectivity index (χ3v) is 3.80. The van der Waals surface area contributed by atoms with Crippen molar-refractivity contribution in [3.63, 3.8) is 0 Å². The first kappa shape index (κ1) is 17.0. The standard InChI is InChI=1S/C19H18N4O3/c20-11-1-5-13(6-2-11)22-18-15(10-24)19(17(26)9-16(18)25)23-14-7-3-12(21)4-8-14/h1-10,22-23,25-26H,20-21H2. The van der Waals surface area contributed by atoms with Crippen LogP contribution < -0.4 is 22.1 Å². The Bertz CT molecular complexity index is 867. The van der Waals surface area contributed by atoms with Gasteiger partial charge in [0.25, 0.3) is 0 Å². The van der Waals surface area contributed by atoms with Crippen LogP contribution in [0.4, 0.5) is 34.1 Å². The molecule has 3 aromatic rings. The second-order valence-corrected chi connectivity index (χ2v) is 5.69. The van der Waals surface area contributed by atoms with Crippen LogP contribution >= 0.6 is 0 Å². The van der Waals surface area contributed by atoms with Crippen LogP contribution in [0.15, 0.2) is 54.6 Å². The second kappa shape index (κ2) is 6.94. The molecule has 0 aromatic heterocycles. The Morgan fingerprint density at radius 2 is 1.12 bits per heavy atom. The number of rotatable bonds is 5. The van der Waals surface area contributed by atoms with Crippen molar-refractivity contribution in [3.05, 3.63) is 60.2 Å². The number of nitrogens with two attached hydrogens (primary N) is 2. The van der Waals surface area contributed by atoms with Gasteiger partial charge in [0.15, 0.2) is 6.29 Å². The molecule has 3 aromatic carbocycles. The van der Waals surface area contributed by atoms with Crippen molar-refractivity contribution in [2.45, 2.75) is 0 Å². The Labute approximate surface area is 149 Å². The van der Waals surface area contributed by atoms with E-state index in [1.807, 2.05) is 0 Å². The van der Waals surface area contributed by atoms with Crippen LogP contribution in [0.1, 0.15) is 10.4 Å². The number of benzene rings is 3. The van der Waals surface area contributed by atoms with E-state index in [1.54, 1.807) is 48.5 Å². The molecule has 0 atom stereocenters. The molecule has 0 saturated heterocycles. The molecule has 7 heteroatoms. The Kier molecular flexibility index (Phi) is 4.53. The number of carbonyl (C=O) groups is 1. The van der Waals surface area contributed by atoms with Gasteiger partial charge in [-0.1, -0.05) is 0 Å². The molecular formula is C19H18N4O3. The lowest BCUT2D eigenvalue weighted by atomic mass is 10.1. The van der Waals surface area contributed by atoms with E-state index in [4.69, 9.17) is 11.5 Å². The molecule has 132 valence electrons. The van der Waals surface area contributed by atoms with E-state index in [0.717, 1.165) is 6.07 Å². The zero-order valence-corrected chi connectivity index (χ0v) is 13.7. The molecule has 0 unspecified atom stereocenters. The Morgan fingerprint density at radius 3 is 1.46 bits per heavy atom. The summed E-state index contributed by atoms with van der Waals surface area (Å²) in [5, 5.41) is 26.3. The SMILES string of the molecule is Nc1ccc(Nc2c(O)cc(O)c(Nc3ccc(N)cc3)c2C=O)cc1. The number of aromatic hydroxyl groups is 2. The van der Waals surface area contributed by atoms with Crippen molar-refractivity contribution in [2.24, 2.45) is 0 Å². The van der Waals surface area contributed by atoms with Crippen molar-refractivity contribution in [1.82, 2.24) is 0 Å². The first-order valence-corrected chi connectivity index (χ1v) is 7.77. The molecule has 0 aliphatic heterocycles. The summed E-state index contributed by atoms with van der Waals surface area (Å²) in [6.07, 6.45) is 0.554. The summed E-state index contributed by atoms with van der Waals surface area (Å²) in [6.45, 7) is 0. The molecule has 0 aliphatic carbocycles. The van der Waals surface area contributed by atoms with Gasteiger partial charge in [-0.15, -0.1) is 0 Å². The molecule has 26 heavy (non-hydrogen) atoms. The van der Waals surface area contributed by atoms with Gasteiger partial charge in [0.2, 0.25) is 0 Å². The maximum atomic E-state index is 11.7. The van der Waals surface area contributed by atoms with Crippen LogP contribution in [-0.2, 0) is 0 Å². The summed E-state index contributed by atoms with van der Waals surface area (Å²) in [5.41, 5.74) is 14.2. The van der Waals surface area contributed by atoms with Crippen molar-refractivity contribution < 1.29 is 15.0 Å². The van der Waals surface area contributed by atoms with Gasteiger partial charge in [-0.3, -0.25) is 4.79 Å². The fraction of sp³-hybridized carbons (Fsp3) is 0. The summed E-state index contributed by atoms with van der Waals surface area (Å²) < 4.78 is 0. The number of hydrogen-bond donors (Lipinski definition) is 6. The van der Waals surface area contributed by atoms with E-state index >= 15 is 0 Å². The summed E-state index contributed by atoms with van der Waals surface area (Å²) in [5.74, 6) is -0.520. The van der Waals surface area contributed by atoms with Gasteiger partial charge >= 0.3 is 0 Å². The predicted octanol–water partition coefficient (Wildman–Crippen LogP) is 3.56. The maximum Gasteiger partial charge on any atom is 0.154 e. The van der Waals surface area contributed by atoms with Gasteiger partial charge < -0.3 is 32.3 Å². The molecule has 0 radical (unpaired) electrons. The van der Waals surface area contributed by atoms with Crippen LogP contribution in [0.25, 0.3) is 0 Å². The van der Waals surface area contributed by atoms with Crippen molar-refractivity contribution in [2.75, 3.05) is 22.1 Å². The van der Waals surface area contributed by atoms with Crippen LogP contribution in [0, 0.1) is 0 Å². The van der Waals surface area contributed by atoms with Gasteiger partial charge in [0, 0.05) is 28.8 Å². The molecule has 8 N–H and O–H groups in total. The fourth-order valence-electron chi connectivity index (χ4n) is 2.48. The number of aldehydes is 1. The summed E-state index contributed by atoms with van der Waals surface area (Å²) in [7, 11) is 0. The highest BCUT2D eigenvalue weighted by atomic mass is 16.3. The molecule has 0 aliphatic rings. The number of nitrogens with one attached hydrogen (secondary N) is 2. The number of nitrogen functional groups attached to an aromatic ring is 2. The largest absolute Gasteiger partial charge is 0.506 e. The first-order chi connectivity index (χ1) is 12.5. The number of phenolic OH excluding ortho intramolecular Hbond substituents is 2. The van der Waals surface area contributed by atoms with Gasteiger partial charge in [0.05, 0.1) is 16.9 Å². The third kappa shape index (κ3) is 3.46. The number of phenols is 2. The molecule has 0 heterocycles. The zero-order valence-electron chi connectivity index (χ0n) is 13.7. The lowest BCUT2D eigenvalue weighted by Crippen LogP contribution is -2.02. The highest BCUT2D eigenvalue weighted by Gasteiger charge is 2.18. The quantitative estimate of drug-likeness (QED) is 0.179. The number of hydrogen-bond acceptors (Lipinski definition) is 7. The van der Waals surface area contributed by atoms with E-state index in [2.05, 4.69) is 10.6 Å². The number of carbonyl (C=O) groups excluding carboxylic acids is 1. The molecule has 0 bridgehead atoms. The molecule has 0 saturated carbocycles. The van der Waals surface area contributed by atoms with Gasteiger partial charge in [-0.25, -0.2) is 0 Å². The van der Waals surface area contributed by atoms with E-state index in [0.29, 0.717) is 29.0 Å². The minimum Gasteiger partial charge on any atom is -0.506 e. The van der Waals surface area contributed by atoms with Gasteiger partial charge in [-0.2, -0.15) is 0 Å². The third-order valence-electron chi connectivity index (χ3n) is 3.80. The summed E-state index contributed by atoms with van der Waals surface area (Å²) in [4.78, 5) is 11.7.